The molecule has 0 radical (unpaired) electrons. The zero-order valence-corrected chi connectivity index (χ0v) is 19.9. The molecule has 33 heavy (non-hydrogen) atoms. The summed E-state index contributed by atoms with van der Waals surface area (Å²) in [5.74, 6) is -0.178. The van der Waals surface area contributed by atoms with Gasteiger partial charge in [-0.15, -0.1) is 0 Å². The van der Waals surface area contributed by atoms with Gasteiger partial charge in [0.15, 0.2) is 6.10 Å². The lowest BCUT2D eigenvalue weighted by atomic mass is 9.92. The van der Waals surface area contributed by atoms with Crippen molar-refractivity contribution in [3.63, 3.8) is 0 Å². The van der Waals surface area contributed by atoms with Gasteiger partial charge < -0.3 is 10.1 Å². The summed E-state index contributed by atoms with van der Waals surface area (Å²) in [5, 5.41) is 14.3. The van der Waals surface area contributed by atoms with Crippen molar-refractivity contribution in [1.82, 2.24) is 0 Å². The van der Waals surface area contributed by atoms with E-state index in [4.69, 9.17) is 4.74 Å². The second-order valence-electron chi connectivity index (χ2n) is 9.29. The maximum absolute atomic E-state index is 13.2. The summed E-state index contributed by atoms with van der Waals surface area (Å²) in [6.45, 7) is 11.7. The lowest BCUT2D eigenvalue weighted by Crippen LogP contribution is -2.50. The molecule has 1 atom stereocenters. The highest BCUT2D eigenvalue weighted by atomic mass is 16.6. The van der Waals surface area contributed by atoms with Gasteiger partial charge in [-0.2, -0.15) is 0 Å². The molecule has 2 aromatic carbocycles. The molecule has 1 aliphatic rings. The van der Waals surface area contributed by atoms with Gasteiger partial charge in [0.25, 0.3) is 11.6 Å². The zero-order valence-electron chi connectivity index (χ0n) is 19.9. The molecule has 8 heteroatoms. The molecule has 3 rings (SSSR count). The third kappa shape index (κ3) is 4.99. The molecule has 0 saturated carbocycles. The summed E-state index contributed by atoms with van der Waals surface area (Å²) in [7, 11) is 0. The van der Waals surface area contributed by atoms with Gasteiger partial charge in [0.1, 0.15) is 12.3 Å². The molecule has 0 aromatic heterocycles. The fraction of sp³-hybridized carbons (Fsp3) is 0.440. The highest BCUT2D eigenvalue weighted by molar-refractivity contribution is 6.07. The predicted molar refractivity (Wildman–Crippen MR) is 128 cm³/mol. The number of hydrogen-bond donors (Lipinski definition) is 1. The smallest absolute Gasteiger partial charge is 0.271 e. The van der Waals surface area contributed by atoms with Crippen molar-refractivity contribution in [3.05, 3.63) is 57.6 Å². The van der Waals surface area contributed by atoms with Crippen LogP contribution in [0.25, 0.3) is 0 Å². The van der Waals surface area contributed by atoms with E-state index in [1.165, 1.54) is 23.1 Å². The van der Waals surface area contributed by atoms with Crippen LogP contribution < -0.4 is 15.0 Å². The van der Waals surface area contributed by atoms with Crippen molar-refractivity contribution in [2.24, 2.45) is 5.92 Å². The van der Waals surface area contributed by atoms with E-state index in [-0.39, 0.29) is 41.6 Å². The standard InChI is InChI=1S/C25H31N3O5/c1-14(2)18-8-7-9-19(15(3)4)23(18)26-22(29)13-27-20-12-17(28(31)32)10-11-21(20)33-24(16(5)6)25(27)30/h7-12,14-16,24H,13H2,1-6H3,(H,26,29). The first-order valence-electron chi connectivity index (χ1n) is 11.2. The summed E-state index contributed by atoms with van der Waals surface area (Å²) < 4.78 is 5.83. The van der Waals surface area contributed by atoms with Gasteiger partial charge in [0.05, 0.1) is 10.6 Å². The molecular weight excluding hydrogens is 422 g/mol. The number of non-ortho nitro benzene ring substituents is 1. The van der Waals surface area contributed by atoms with Crippen molar-refractivity contribution >= 4 is 28.9 Å². The largest absolute Gasteiger partial charge is 0.478 e. The van der Waals surface area contributed by atoms with E-state index >= 15 is 0 Å². The quantitative estimate of drug-likeness (QED) is 0.457. The van der Waals surface area contributed by atoms with E-state index < -0.39 is 16.9 Å². The molecule has 0 saturated heterocycles. The van der Waals surface area contributed by atoms with Crippen molar-refractivity contribution in [2.45, 2.75) is 59.5 Å². The number of fused-ring (bicyclic) bond motifs is 1. The van der Waals surface area contributed by atoms with Gasteiger partial charge in [-0.1, -0.05) is 59.7 Å². The second kappa shape index (κ2) is 9.60. The lowest BCUT2D eigenvalue weighted by molar-refractivity contribution is -0.384. The van der Waals surface area contributed by atoms with Crippen LogP contribution in [0.5, 0.6) is 5.75 Å². The van der Waals surface area contributed by atoms with Crippen molar-refractivity contribution < 1.29 is 19.2 Å². The summed E-state index contributed by atoms with van der Waals surface area (Å²) in [6.07, 6.45) is -0.777. The number of carbonyl (C=O) groups is 2. The molecule has 176 valence electrons. The minimum atomic E-state index is -0.777. The van der Waals surface area contributed by atoms with Crippen molar-refractivity contribution in [3.8, 4) is 5.75 Å². The fourth-order valence-electron chi connectivity index (χ4n) is 3.99. The number of nitrogens with zero attached hydrogens (tertiary/aromatic N) is 2. The second-order valence-corrected chi connectivity index (χ2v) is 9.29. The van der Waals surface area contributed by atoms with Crippen LogP contribution in [-0.2, 0) is 9.59 Å². The first-order chi connectivity index (χ1) is 15.5. The molecule has 0 aliphatic carbocycles. The van der Waals surface area contributed by atoms with Crippen LogP contribution >= 0.6 is 0 Å². The molecule has 2 amide bonds. The van der Waals surface area contributed by atoms with Gasteiger partial charge in [-0.3, -0.25) is 24.6 Å². The Kier molecular flexibility index (Phi) is 7.05. The number of benzene rings is 2. The number of rotatable bonds is 7. The van der Waals surface area contributed by atoms with Crippen molar-refractivity contribution in [1.29, 1.82) is 0 Å². The van der Waals surface area contributed by atoms with Crippen molar-refractivity contribution in [2.75, 3.05) is 16.8 Å². The third-order valence-electron chi connectivity index (χ3n) is 5.75. The molecule has 1 heterocycles. The van der Waals surface area contributed by atoms with Crippen LogP contribution in [0, 0.1) is 16.0 Å². The third-order valence-corrected chi connectivity index (χ3v) is 5.75. The number of carbonyl (C=O) groups excluding carboxylic acids is 2. The average Bonchev–Trinajstić information content (AvgIpc) is 2.74. The number of anilines is 2. The minimum absolute atomic E-state index is 0.138. The Hall–Kier alpha value is -3.42. The number of hydrogen-bond acceptors (Lipinski definition) is 5. The molecule has 1 aliphatic heterocycles. The van der Waals surface area contributed by atoms with Gasteiger partial charge in [-0.05, 0) is 34.9 Å². The molecule has 0 spiro atoms. The molecule has 2 aromatic rings. The number of para-hydroxylation sites is 1. The van der Waals surface area contributed by atoms with Gasteiger partial charge >= 0.3 is 0 Å². The summed E-state index contributed by atoms with van der Waals surface area (Å²) in [5.41, 5.74) is 2.83. The Labute approximate surface area is 194 Å². The Morgan fingerprint density at radius 1 is 1.09 bits per heavy atom. The Balaban J connectivity index is 1.97. The Bertz CT molecular complexity index is 1050. The Morgan fingerprint density at radius 2 is 1.70 bits per heavy atom. The zero-order chi connectivity index (χ0) is 24.4. The first-order valence-corrected chi connectivity index (χ1v) is 11.2. The van der Waals surface area contributed by atoms with Gasteiger partial charge in [0.2, 0.25) is 5.91 Å². The number of nitro benzene ring substituents is 1. The van der Waals surface area contributed by atoms with Crippen LogP contribution in [0.1, 0.15) is 64.5 Å². The molecule has 1 N–H and O–H groups in total. The average molecular weight is 454 g/mol. The van der Waals surface area contributed by atoms with Gasteiger partial charge in [-0.25, -0.2) is 0 Å². The van der Waals surface area contributed by atoms with Crippen LogP contribution in [-0.4, -0.2) is 29.4 Å². The topological polar surface area (TPSA) is 102 Å². The fourth-order valence-corrected chi connectivity index (χ4v) is 3.99. The van der Waals surface area contributed by atoms with E-state index in [0.717, 1.165) is 16.8 Å². The van der Waals surface area contributed by atoms with E-state index in [1.54, 1.807) is 0 Å². The number of ether oxygens (including phenoxy) is 1. The molecule has 1 unspecified atom stereocenters. The normalized spacial score (nSPS) is 15.6. The number of amides is 2. The monoisotopic (exact) mass is 453 g/mol. The number of nitro groups is 1. The molecular formula is C25H31N3O5. The summed E-state index contributed by atoms with van der Waals surface area (Å²) in [4.78, 5) is 38.5. The first kappa shape index (κ1) is 24.2. The number of nitrogens with one attached hydrogen (secondary N) is 1. The van der Waals surface area contributed by atoms with Crippen LogP contribution in [0.15, 0.2) is 36.4 Å². The van der Waals surface area contributed by atoms with Crippen LogP contribution in [0.3, 0.4) is 0 Å². The Morgan fingerprint density at radius 3 is 2.21 bits per heavy atom. The van der Waals surface area contributed by atoms with E-state index in [0.29, 0.717) is 5.75 Å². The van der Waals surface area contributed by atoms with Crippen LogP contribution in [0.4, 0.5) is 17.1 Å². The SMILES string of the molecule is CC(C)c1cccc(C(C)C)c1NC(=O)CN1C(=O)C(C(C)C)Oc2ccc([N+](=O)[O-])cc21. The van der Waals surface area contributed by atoms with Gasteiger partial charge in [0, 0.05) is 17.8 Å². The molecule has 8 nitrogen and oxygen atoms in total. The van der Waals surface area contributed by atoms with E-state index in [2.05, 4.69) is 33.0 Å². The molecule has 0 fully saturated rings. The highest BCUT2D eigenvalue weighted by Crippen LogP contribution is 2.38. The summed E-state index contributed by atoms with van der Waals surface area (Å²) in [6, 6.07) is 10.0. The predicted octanol–water partition coefficient (Wildman–Crippen LogP) is 5.23. The highest BCUT2D eigenvalue weighted by Gasteiger charge is 2.38. The molecule has 0 bridgehead atoms. The minimum Gasteiger partial charge on any atom is -0.478 e. The van der Waals surface area contributed by atoms with E-state index in [9.17, 15) is 19.7 Å². The van der Waals surface area contributed by atoms with E-state index in [1.807, 2.05) is 32.0 Å². The summed E-state index contributed by atoms with van der Waals surface area (Å²) >= 11 is 0. The maximum atomic E-state index is 13.2. The van der Waals surface area contributed by atoms with Crippen LogP contribution in [0.2, 0.25) is 0 Å². The maximum Gasteiger partial charge on any atom is 0.271 e. The lowest BCUT2D eigenvalue weighted by Gasteiger charge is -2.35.